The third-order valence-electron chi connectivity index (χ3n) is 4.44. The van der Waals surface area contributed by atoms with Crippen molar-refractivity contribution in [3.63, 3.8) is 0 Å². The SMILES string of the molecule is Cn1c(=O)c2cc(NC(=O)N3CCCCCC3)cnc2n(C)c1=O. The minimum atomic E-state index is -0.429. The average molecular weight is 331 g/mol. The molecule has 8 heteroatoms. The summed E-state index contributed by atoms with van der Waals surface area (Å²) in [5, 5.41) is 3.10. The van der Waals surface area contributed by atoms with E-state index in [4.69, 9.17) is 0 Å². The third kappa shape index (κ3) is 2.91. The summed E-state index contributed by atoms with van der Waals surface area (Å²) in [6, 6.07) is 1.39. The summed E-state index contributed by atoms with van der Waals surface area (Å²) in [7, 11) is 2.99. The summed E-state index contributed by atoms with van der Waals surface area (Å²) in [6.45, 7) is 1.48. The molecule has 0 saturated carbocycles. The van der Waals surface area contributed by atoms with Gasteiger partial charge in [0.2, 0.25) is 0 Å². The van der Waals surface area contributed by atoms with Crippen LogP contribution in [0, 0.1) is 0 Å². The quantitative estimate of drug-likeness (QED) is 0.845. The zero-order chi connectivity index (χ0) is 17.3. The Morgan fingerprint density at radius 1 is 1.08 bits per heavy atom. The molecule has 1 aliphatic heterocycles. The van der Waals surface area contributed by atoms with Crippen LogP contribution in [0.4, 0.5) is 10.5 Å². The molecule has 24 heavy (non-hydrogen) atoms. The Labute approximate surface area is 138 Å². The number of rotatable bonds is 1. The number of urea groups is 1. The van der Waals surface area contributed by atoms with Gasteiger partial charge >= 0.3 is 11.7 Å². The number of nitrogens with one attached hydrogen (secondary N) is 1. The maximum absolute atomic E-state index is 12.4. The molecule has 2 aromatic heterocycles. The fraction of sp³-hybridized carbons (Fsp3) is 0.500. The lowest BCUT2D eigenvalue weighted by Gasteiger charge is -2.20. The van der Waals surface area contributed by atoms with Gasteiger partial charge in [-0.1, -0.05) is 12.8 Å². The number of anilines is 1. The summed E-state index contributed by atoms with van der Waals surface area (Å²) in [5.41, 5.74) is -0.101. The van der Waals surface area contributed by atoms with Crippen molar-refractivity contribution >= 4 is 22.8 Å². The van der Waals surface area contributed by atoms with E-state index in [-0.39, 0.29) is 6.03 Å². The fourth-order valence-electron chi connectivity index (χ4n) is 3.01. The molecule has 128 valence electrons. The number of fused-ring (bicyclic) bond motifs is 1. The Kier molecular flexibility index (Phi) is 4.37. The van der Waals surface area contributed by atoms with E-state index < -0.39 is 11.2 Å². The summed E-state index contributed by atoms with van der Waals surface area (Å²) in [5.74, 6) is 0. The van der Waals surface area contributed by atoms with Gasteiger partial charge in [-0.2, -0.15) is 0 Å². The average Bonchev–Trinajstić information content (AvgIpc) is 2.87. The van der Waals surface area contributed by atoms with Crippen LogP contribution < -0.4 is 16.6 Å². The van der Waals surface area contributed by atoms with Gasteiger partial charge in [0.15, 0.2) is 0 Å². The van der Waals surface area contributed by atoms with E-state index >= 15 is 0 Å². The van der Waals surface area contributed by atoms with Gasteiger partial charge in [0.05, 0.1) is 17.3 Å². The molecule has 0 unspecified atom stereocenters. The first-order valence-corrected chi connectivity index (χ1v) is 8.11. The Bertz CT molecular complexity index is 891. The molecule has 2 amide bonds. The second-order valence-corrected chi connectivity index (χ2v) is 6.13. The van der Waals surface area contributed by atoms with Gasteiger partial charge < -0.3 is 10.2 Å². The molecule has 0 aromatic carbocycles. The highest BCUT2D eigenvalue weighted by molar-refractivity contribution is 5.91. The number of nitrogens with zero attached hydrogens (tertiary/aromatic N) is 4. The first-order valence-electron chi connectivity index (χ1n) is 8.11. The van der Waals surface area contributed by atoms with E-state index in [0.29, 0.717) is 16.7 Å². The van der Waals surface area contributed by atoms with Gasteiger partial charge in [-0.3, -0.25) is 13.9 Å². The zero-order valence-corrected chi connectivity index (χ0v) is 13.9. The number of likely N-dealkylation sites (tertiary alicyclic amines) is 1. The van der Waals surface area contributed by atoms with E-state index in [1.165, 1.54) is 17.8 Å². The number of aromatic nitrogens is 3. The Morgan fingerprint density at radius 2 is 1.75 bits per heavy atom. The molecule has 1 N–H and O–H groups in total. The van der Waals surface area contributed by atoms with E-state index in [1.54, 1.807) is 18.0 Å². The summed E-state index contributed by atoms with van der Waals surface area (Å²) in [4.78, 5) is 42.5. The smallest absolute Gasteiger partial charge is 0.325 e. The second kappa shape index (κ2) is 6.46. The molecule has 0 aliphatic carbocycles. The predicted molar refractivity (Wildman–Crippen MR) is 91.3 cm³/mol. The van der Waals surface area contributed by atoms with Crippen molar-refractivity contribution in [3.05, 3.63) is 33.1 Å². The molecule has 1 aliphatic rings. The molecule has 3 rings (SSSR count). The number of hydrogen-bond donors (Lipinski definition) is 1. The number of hydrogen-bond acceptors (Lipinski definition) is 4. The third-order valence-corrected chi connectivity index (χ3v) is 4.44. The molecule has 2 aromatic rings. The predicted octanol–water partition coefficient (Wildman–Crippen LogP) is 1.04. The lowest BCUT2D eigenvalue weighted by Crippen LogP contribution is -2.37. The van der Waals surface area contributed by atoms with Crippen molar-refractivity contribution in [1.82, 2.24) is 19.0 Å². The van der Waals surface area contributed by atoms with Crippen molar-refractivity contribution in [2.45, 2.75) is 25.7 Å². The van der Waals surface area contributed by atoms with Crippen molar-refractivity contribution in [3.8, 4) is 0 Å². The highest BCUT2D eigenvalue weighted by Gasteiger charge is 2.16. The monoisotopic (exact) mass is 331 g/mol. The van der Waals surface area contributed by atoms with Crippen LogP contribution in [0.5, 0.6) is 0 Å². The van der Waals surface area contributed by atoms with Gasteiger partial charge in [0.25, 0.3) is 5.56 Å². The molecular formula is C16H21N5O3. The van der Waals surface area contributed by atoms with Crippen LogP contribution in [0.3, 0.4) is 0 Å². The normalized spacial score (nSPS) is 15.3. The highest BCUT2D eigenvalue weighted by atomic mass is 16.2. The van der Waals surface area contributed by atoms with Crippen molar-refractivity contribution in [2.24, 2.45) is 14.1 Å². The highest BCUT2D eigenvalue weighted by Crippen LogP contribution is 2.15. The molecular weight excluding hydrogens is 310 g/mol. The number of aryl methyl sites for hydroxylation is 1. The topological polar surface area (TPSA) is 89.2 Å². The van der Waals surface area contributed by atoms with Crippen LogP contribution in [-0.2, 0) is 14.1 Å². The summed E-state index contributed by atoms with van der Waals surface area (Å²) >= 11 is 0. The van der Waals surface area contributed by atoms with E-state index in [2.05, 4.69) is 10.3 Å². The standard InChI is InChI=1S/C16H21N5O3/c1-19-13-12(14(22)20(2)16(19)24)9-11(10-17-13)18-15(23)21-7-5-3-4-6-8-21/h9-10H,3-8H2,1-2H3,(H,18,23). The minimum Gasteiger partial charge on any atom is -0.325 e. The van der Waals surface area contributed by atoms with Gasteiger partial charge in [0, 0.05) is 27.2 Å². The maximum atomic E-state index is 12.4. The largest absolute Gasteiger partial charge is 0.332 e. The van der Waals surface area contributed by atoms with Crippen LogP contribution in [-0.4, -0.2) is 38.1 Å². The maximum Gasteiger partial charge on any atom is 0.332 e. The van der Waals surface area contributed by atoms with Crippen LogP contribution >= 0.6 is 0 Å². The Balaban J connectivity index is 1.92. The van der Waals surface area contributed by atoms with Crippen LogP contribution in [0.2, 0.25) is 0 Å². The number of carbonyl (C=O) groups excluding carboxylic acids is 1. The van der Waals surface area contributed by atoms with E-state index in [9.17, 15) is 14.4 Å². The van der Waals surface area contributed by atoms with Gasteiger partial charge in [-0.25, -0.2) is 14.6 Å². The van der Waals surface area contributed by atoms with E-state index in [1.807, 2.05) is 0 Å². The number of pyridine rings is 1. The summed E-state index contributed by atoms with van der Waals surface area (Å²) in [6.07, 6.45) is 5.77. The van der Waals surface area contributed by atoms with Crippen molar-refractivity contribution in [2.75, 3.05) is 18.4 Å². The molecule has 1 fully saturated rings. The summed E-state index contributed by atoms with van der Waals surface area (Å²) < 4.78 is 2.35. The lowest BCUT2D eigenvalue weighted by molar-refractivity contribution is 0.214. The molecule has 8 nitrogen and oxygen atoms in total. The van der Waals surface area contributed by atoms with Gasteiger partial charge in [-0.15, -0.1) is 0 Å². The molecule has 0 radical (unpaired) electrons. The fourth-order valence-corrected chi connectivity index (χ4v) is 3.01. The first kappa shape index (κ1) is 16.2. The van der Waals surface area contributed by atoms with Gasteiger partial charge in [0.1, 0.15) is 5.65 Å². The van der Waals surface area contributed by atoms with Crippen molar-refractivity contribution < 1.29 is 4.79 Å². The minimum absolute atomic E-state index is 0.181. The molecule has 0 bridgehead atoms. The zero-order valence-electron chi connectivity index (χ0n) is 13.9. The molecule has 3 heterocycles. The van der Waals surface area contributed by atoms with Crippen LogP contribution in [0.15, 0.2) is 21.9 Å². The van der Waals surface area contributed by atoms with Gasteiger partial charge in [-0.05, 0) is 18.9 Å². The molecule has 1 saturated heterocycles. The van der Waals surface area contributed by atoms with Crippen LogP contribution in [0.25, 0.3) is 11.0 Å². The van der Waals surface area contributed by atoms with Crippen molar-refractivity contribution in [1.29, 1.82) is 0 Å². The Morgan fingerprint density at radius 3 is 2.42 bits per heavy atom. The number of amides is 2. The Hall–Kier alpha value is -2.64. The number of carbonyl (C=O) groups is 1. The first-order chi connectivity index (χ1) is 11.5. The van der Waals surface area contributed by atoms with Crippen LogP contribution in [0.1, 0.15) is 25.7 Å². The van der Waals surface area contributed by atoms with E-state index in [0.717, 1.165) is 43.3 Å². The second-order valence-electron chi connectivity index (χ2n) is 6.13. The molecule has 0 spiro atoms. The molecule has 0 atom stereocenters. The lowest BCUT2D eigenvalue weighted by atomic mass is 10.2.